The molecule has 34 heavy (non-hydrogen) atoms. The van der Waals surface area contributed by atoms with Crippen LogP contribution in [0.25, 0.3) is 0 Å². The zero-order valence-corrected chi connectivity index (χ0v) is 19.0. The van der Waals surface area contributed by atoms with Gasteiger partial charge in [-0.25, -0.2) is 0 Å². The highest BCUT2D eigenvalue weighted by molar-refractivity contribution is 6.08. The normalized spacial score (nSPS) is 20.3. The predicted octanol–water partition coefficient (Wildman–Crippen LogP) is 5.02. The van der Waals surface area contributed by atoms with Crippen LogP contribution in [0.5, 0.6) is 0 Å². The van der Waals surface area contributed by atoms with Gasteiger partial charge in [-0.1, -0.05) is 60.2 Å². The lowest BCUT2D eigenvalue weighted by molar-refractivity contribution is -0.120. The minimum atomic E-state index is -0.521. The third-order valence-corrected chi connectivity index (χ3v) is 6.89. The molecule has 2 unspecified atom stereocenters. The summed E-state index contributed by atoms with van der Waals surface area (Å²) in [5.41, 5.74) is 11.1. The number of benzene rings is 3. The van der Waals surface area contributed by atoms with E-state index in [1.807, 2.05) is 61.5 Å². The number of carbonyl (C=O) groups is 3. The van der Waals surface area contributed by atoms with E-state index in [2.05, 4.69) is 0 Å². The number of nitrogens with two attached hydrogens (primary N) is 1. The van der Waals surface area contributed by atoms with Crippen molar-refractivity contribution in [2.45, 2.75) is 38.0 Å². The van der Waals surface area contributed by atoms with Crippen molar-refractivity contribution in [3.05, 3.63) is 112 Å². The van der Waals surface area contributed by atoms with Crippen LogP contribution in [-0.4, -0.2) is 17.6 Å². The van der Waals surface area contributed by atoms with Crippen LogP contribution in [-0.2, 0) is 9.59 Å². The maximum atomic E-state index is 13.6. The first kappa shape index (κ1) is 21.8. The molecule has 3 aromatic carbocycles. The lowest BCUT2D eigenvalue weighted by Crippen LogP contribution is -2.41. The van der Waals surface area contributed by atoms with Gasteiger partial charge < -0.3 is 5.73 Å². The SMILES string of the molecule is Cc1ccc(C2CC(=O)N(c3ccc(C(N)=O)cc3)C3=C2C(=O)CC(c2ccccc2)C3)cc1. The summed E-state index contributed by atoms with van der Waals surface area (Å²) in [6.45, 7) is 2.02. The standard InChI is InChI=1S/C29H26N2O3/c1-18-7-9-20(10-8-18)24-17-27(33)31(23-13-11-21(12-14-23)29(30)34)25-15-22(16-26(32)28(24)25)19-5-3-2-4-6-19/h2-14,22,24H,15-17H2,1H3,(H2,30,34). The van der Waals surface area contributed by atoms with Crippen molar-refractivity contribution in [2.75, 3.05) is 4.90 Å². The van der Waals surface area contributed by atoms with Crippen LogP contribution in [0.3, 0.4) is 0 Å². The molecule has 2 N–H and O–H groups in total. The van der Waals surface area contributed by atoms with E-state index in [0.717, 1.165) is 28.0 Å². The fraction of sp³-hybridized carbons (Fsp3) is 0.207. The molecule has 5 rings (SSSR count). The predicted molar refractivity (Wildman–Crippen MR) is 131 cm³/mol. The molecule has 0 bridgehead atoms. The second-order valence-electron chi connectivity index (χ2n) is 9.11. The summed E-state index contributed by atoms with van der Waals surface area (Å²) in [7, 11) is 0. The summed E-state index contributed by atoms with van der Waals surface area (Å²) in [5, 5.41) is 0. The zero-order chi connectivity index (χ0) is 23.8. The molecule has 2 aliphatic rings. The molecular formula is C29H26N2O3. The molecule has 2 atom stereocenters. The number of rotatable bonds is 4. The van der Waals surface area contributed by atoms with E-state index in [-0.39, 0.29) is 29.9 Å². The Morgan fingerprint density at radius 1 is 0.824 bits per heavy atom. The summed E-state index contributed by atoms with van der Waals surface area (Å²) in [6, 6.07) is 24.8. The van der Waals surface area contributed by atoms with Crippen molar-refractivity contribution in [3.63, 3.8) is 0 Å². The minimum absolute atomic E-state index is 0.00408. The second kappa shape index (κ2) is 8.75. The molecule has 1 heterocycles. The average Bonchev–Trinajstić information content (AvgIpc) is 2.84. The van der Waals surface area contributed by atoms with E-state index in [0.29, 0.717) is 24.1 Å². The van der Waals surface area contributed by atoms with Crippen LogP contribution < -0.4 is 10.6 Å². The molecule has 0 fully saturated rings. The van der Waals surface area contributed by atoms with Gasteiger partial charge in [-0.3, -0.25) is 19.3 Å². The zero-order valence-electron chi connectivity index (χ0n) is 19.0. The maximum absolute atomic E-state index is 13.6. The van der Waals surface area contributed by atoms with Gasteiger partial charge in [-0.15, -0.1) is 0 Å². The van der Waals surface area contributed by atoms with Crippen molar-refractivity contribution in [2.24, 2.45) is 5.73 Å². The van der Waals surface area contributed by atoms with Gasteiger partial charge in [-0.05, 0) is 54.7 Å². The Morgan fingerprint density at radius 3 is 2.15 bits per heavy atom. The van der Waals surface area contributed by atoms with Gasteiger partial charge in [0.1, 0.15) is 0 Å². The van der Waals surface area contributed by atoms with Crippen LogP contribution in [0.2, 0.25) is 0 Å². The van der Waals surface area contributed by atoms with E-state index in [1.165, 1.54) is 0 Å². The van der Waals surface area contributed by atoms with Gasteiger partial charge in [0.15, 0.2) is 5.78 Å². The summed E-state index contributed by atoms with van der Waals surface area (Å²) in [5.74, 6) is -0.740. The monoisotopic (exact) mass is 450 g/mol. The fourth-order valence-corrected chi connectivity index (χ4v) is 5.15. The number of aryl methyl sites for hydroxylation is 1. The van der Waals surface area contributed by atoms with E-state index in [9.17, 15) is 14.4 Å². The number of ketones is 1. The number of hydrogen-bond donors (Lipinski definition) is 1. The molecule has 0 spiro atoms. The third kappa shape index (κ3) is 3.94. The van der Waals surface area contributed by atoms with Crippen LogP contribution in [0, 0.1) is 6.92 Å². The topological polar surface area (TPSA) is 80.5 Å². The third-order valence-electron chi connectivity index (χ3n) is 6.89. The van der Waals surface area contributed by atoms with Gasteiger partial charge in [-0.2, -0.15) is 0 Å². The van der Waals surface area contributed by atoms with Crippen LogP contribution in [0.1, 0.15) is 58.1 Å². The fourth-order valence-electron chi connectivity index (χ4n) is 5.15. The van der Waals surface area contributed by atoms with Crippen molar-refractivity contribution in [1.82, 2.24) is 0 Å². The van der Waals surface area contributed by atoms with Crippen molar-refractivity contribution < 1.29 is 14.4 Å². The quantitative estimate of drug-likeness (QED) is 0.606. The van der Waals surface area contributed by atoms with Gasteiger partial charge in [0.2, 0.25) is 11.8 Å². The Labute approximate surface area is 198 Å². The number of anilines is 1. The largest absolute Gasteiger partial charge is 0.366 e. The smallest absolute Gasteiger partial charge is 0.248 e. The molecule has 0 saturated heterocycles. The molecule has 2 amide bonds. The Balaban J connectivity index is 1.63. The van der Waals surface area contributed by atoms with E-state index < -0.39 is 5.91 Å². The molecule has 5 nitrogen and oxygen atoms in total. The summed E-state index contributed by atoms with van der Waals surface area (Å²) in [4.78, 5) is 40.4. The number of Topliss-reactive ketones (excluding diaryl/α,β-unsaturated/α-hetero) is 1. The molecular weight excluding hydrogens is 424 g/mol. The van der Waals surface area contributed by atoms with Crippen LogP contribution >= 0.6 is 0 Å². The first-order valence-corrected chi connectivity index (χ1v) is 11.5. The Bertz CT molecular complexity index is 1290. The number of primary amides is 1. The van der Waals surface area contributed by atoms with Gasteiger partial charge in [0.25, 0.3) is 0 Å². The van der Waals surface area contributed by atoms with Crippen molar-refractivity contribution in [3.8, 4) is 0 Å². The Hall–Kier alpha value is -3.99. The molecule has 5 heteroatoms. The average molecular weight is 451 g/mol. The molecule has 1 aliphatic heterocycles. The van der Waals surface area contributed by atoms with E-state index in [4.69, 9.17) is 5.73 Å². The van der Waals surface area contributed by atoms with Gasteiger partial charge in [0.05, 0.1) is 0 Å². The number of carbonyl (C=O) groups excluding carboxylic acids is 3. The van der Waals surface area contributed by atoms with Crippen molar-refractivity contribution in [1.29, 1.82) is 0 Å². The summed E-state index contributed by atoms with van der Waals surface area (Å²) in [6.07, 6.45) is 1.24. The lowest BCUT2D eigenvalue weighted by Gasteiger charge is -2.40. The lowest BCUT2D eigenvalue weighted by atomic mass is 9.72. The molecule has 0 radical (unpaired) electrons. The molecule has 3 aromatic rings. The summed E-state index contributed by atoms with van der Waals surface area (Å²) >= 11 is 0. The van der Waals surface area contributed by atoms with Crippen LogP contribution in [0.4, 0.5) is 5.69 Å². The highest BCUT2D eigenvalue weighted by atomic mass is 16.2. The first-order valence-electron chi connectivity index (χ1n) is 11.5. The molecule has 170 valence electrons. The highest BCUT2D eigenvalue weighted by Gasteiger charge is 2.42. The number of nitrogens with zero attached hydrogens (tertiary/aromatic N) is 1. The van der Waals surface area contributed by atoms with E-state index >= 15 is 0 Å². The highest BCUT2D eigenvalue weighted by Crippen LogP contribution is 2.47. The second-order valence-corrected chi connectivity index (χ2v) is 9.11. The molecule has 0 saturated carbocycles. The van der Waals surface area contributed by atoms with Gasteiger partial charge in [0, 0.05) is 41.3 Å². The van der Waals surface area contributed by atoms with Gasteiger partial charge >= 0.3 is 0 Å². The minimum Gasteiger partial charge on any atom is -0.366 e. The maximum Gasteiger partial charge on any atom is 0.248 e. The van der Waals surface area contributed by atoms with Crippen molar-refractivity contribution >= 4 is 23.3 Å². The molecule has 1 aliphatic carbocycles. The summed E-state index contributed by atoms with van der Waals surface area (Å²) < 4.78 is 0. The molecule has 0 aromatic heterocycles. The Morgan fingerprint density at radius 2 is 1.50 bits per heavy atom. The number of hydrogen-bond acceptors (Lipinski definition) is 3. The Kier molecular flexibility index (Phi) is 5.62. The van der Waals surface area contributed by atoms with E-state index in [1.54, 1.807) is 29.2 Å². The number of amides is 2. The first-order chi connectivity index (χ1) is 16.4. The number of allylic oxidation sites excluding steroid dienone is 2. The van der Waals surface area contributed by atoms with Crippen LogP contribution in [0.15, 0.2) is 90.1 Å².